The van der Waals surface area contributed by atoms with E-state index in [2.05, 4.69) is 36.3 Å². The van der Waals surface area contributed by atoms with Gasteiger partial charge >= 0.3 is 6.18 Å². The van der Waals surface area contributed by atoms with E-state index in [9.17, 15) is 18.0 Å². The summed E-state index contributed by atoms with van der Waals surface area (Å²) in [5.74, 6) is -0.990. The Morgan fingerprint density at radius 1 is 1.18 bits per heavy atom. The Bertz CT molecular complexity index is 994. The lowest BCUT2D eigenvalue weighted by molar-refractivity contribution is -0.192. The number of nitrogens with one attached hydrogen (secondary N) is 1. The van der Waals surface area contributed by atoms with Gasteiger partial charge < -0.3 is 16.0 Å². The summed E-state index contributed by atoms with van der Waals surface area (Å²) in [6.45, 7) is 4.32. The highest BCUT2D eigenvalue weighted by atomic mass is 35.5. The van der Waals surface area contributed by atoms with E-state index < -0.39 is 24.0 Å². The summed E-state index contributed by atoms with van der Waals surface area (Å²) in [4.78, 5) is 17.4. The molecule has 2 aliphatic rings. The fraction of sp³-hybridized carbons (Fsp3) is 0.500. The van der Waals surface area contributed by atoms with Crippen LogP contribution in [0.5, 0.6) is 0 Å². The smallest absolute Gasteiger partial charge is 0.380 e. The molecule has 2 aromatic rings. The lowest BCUT2D eigenvalue weighted by Crippen LogP contribution is -2.49. The number of fused-ring (bicyclic) bond motifs is 1. The van der Waals surface area contributed by atoms with Crippen LogP contribution in [0, 0.1) is 5.92 Å². The van der Waals surface area contributed by atoms with Crippen molar-refractivity contribution in [3.8, 4) is 0 Å². The van der Waals surface area contributed by atoms with Crippen LogP contribution in [0.3, 0.4) is 0 Å². The maximum Gasteiger partial charge on any atom is 0.414 e. The van der Waals surface area contributed by atoms with Gasteiger partial charge in [-0.1, -0.05) is 38.1 Å². The quantitative estimate of drug-likeness (QED) is 0.581. The van der Waals surface area contributed by atoms with Gasteiger partial charge in [0.25, 0.3) is 0 Å². The van der Waals surface area contributed by atoms with Crippen molar-refractivity contribution >= 4 is 36.4 Å². The first-order chi connectivity index (χ1) is 15.0. The summed E-state index contributed by atoms with van der Waals surface area (Å²) >= 11 is 0. The van der Waals surface area contributed by atoms with Crippen molar-refractivity contribution in [1.82, 2.24) is 9.88 Å². The van der Waals surface area contributed by atoms with E-state index >= 15 is 0 Å². The lowest BCUT2D eigenvalue weighted by atomic mass is 9.80. The summed E-state index contributed by atoms with van der Waals surface area (Å²) in [5, 5.41) is 3.44. The van der Waals surface area contributed by atoms with Crippen molar-refractivity contribution in [2.24, 2.45) is 11.7 Å². The van der Waals surface area contributed by atoms with E-state index in [1.54, 1.807) is 6.07 Å². The zero-order chi connectivity index (χ0) is 23.3. The minimum absolute atomic E-state index is 0. The molecule has 2 atom stereocenters. The normalized spacial score (nSPS) is 23.4. The van der Waals surface area contributed by atoms with Crippen LogP contribution in [-0.2, 0) is 16.6 Å². The molecule has 1 fully saturated rings. The Kier molecular flexibility index (Phi) is 8.55. The maximum atomic E-state index is 13.9. The molecule has 1 aromatic carbocycles. The summed E-state index contributed by atoms with van der Waals surface area (Å²) in [6, 6.07) is 9.11. The zero-order valence-electron chi connectivity index (χ0n) is 19.3. The predicted octanol–water partition coefficient (Wildman–Crippen LogP) is 5.04. The second kappa shape index (κ2) is 10.3. The first-order valence-corrected chi connectivity index (χ1v) is 10.9. The fourth-order valence-corrected chi connectivity index (χ4v) is 4.94. The molecular weight excluding hydrogens is 488 g/mol. The van der Waals surface area contributed by atoms with E-state index in [1.165, 1.54) is 30.4 Å². The van der Waals surface area contributed by atoms with Crippen LogP contribution in [0.1, 0.15) is 49.6 Å². The third-order valence-electron chi connectivity index (χ3n) is 6.98. The third kappa shape index (κ3) is 5.29. The van der Waals surface area contributed by atoms with Gasteiger partial charge in [0, 0.05) is 30.5 Å². The molecule has 3 N–H and O–H groups in total. The molecule has 0 saturated heterocycles. The number of amides is 1. The van der Waals surface area contributed by atoms with Gasteiger partial charge in [0.1, 0.15) is 0 Å². The number of anilines is 1. The topological polar surface area (TPSA) is 71.2 Å². The Balaban J connectivity index is 0.00000204. The third-order valence-corrected chi connectivity index (χ3v) is 6.98. The van der Waals surface area contributed by atoms with Crippen LogP contribution >= 0.6 is 24.8 Å². The number of pyridine rings is 1. The van der Waals surface area contributed by atoms with Gasteiger partial charge in [-0.15, -0.1) is 24.8 Å². The Morgan fingerprint density at radius 3 is 2.35 bits per heavy atom. The van der Waals surface area contributed by atoms with Crippen LogP contribution < -0.4 is 11.1 Å². The molecule has 1 aromatic heterocycles. The Morgan fingerprint density at radius 2 is 1.82 bits per heavy atom. The predicted molar refractivity (Wildman–Crippen MR) is 132 cm³/mol. The van der Waals surface area contributed by atoms with Crippen molar-refractivity contribution in [2.45, 2.75) is 62.8 Å². The summed E-state index contributed by atoms with van der Waals surface area (Å²) < 4.78 is 41.7. The molecule has 188 valence electrons. The van der Waals surface area contributed by atoms with Gasteiger partial charge in [0.2, 0.25) is 5.91 Å². The molecule has 34 heavy (non-hydrogen) atoms. The molecule has 0 aliphatic heterocycles. The summed E-state index contributed by atoms with van der Waals surface area (Å²) in [5.41, 5.74) is 8.57. The number of carbonyl (C=O) groups is 1. The number of nitrogens with two attached hydrogens (primary N) is 1. The first kappa shape index (κ1) is 28.2. The average molecular weight is 519 g/mol. The average Bonchev–Trinajstić information content (AvgIpc) is 2.95. The van der Waals surface area contributed by atoms with E-state index in [-0.39, 0.29) is 48.0 Å². The highest BCUT2D eigenvalue weighted by molar-refractivity contribution is 5.85. The fourth-order valence-electron chi connectivity index (χ4n) is 4.94. The molecule has 1 amide bonds. The van der Waals surface area contributed by atoms with Gasteiger partial charge in [-0.3, -0.25) is 9.78 Å². The minimum atomic E-state index is -4.63. The van der Waals surface area contributed by atoms with E-state index in [0.717, 1.165) is 11.3 Å². The molecule has 1 heterocycles. The maximum absolute atomic E-state index is 13.9. The van der Waals surface area contributed by atoms with Crippen LogP contribution in [0.4, 0.5) is 18.9 Å². The number of carbonyl (C=O) groups excluding carboxylic acids is 1. The van der Waals surface area contributed by atoms with Gasteiger partial charge in [-0.2, -0.15) is 13.2 Å². The lowest BCUT2D eigenvalue weighted by Gasteiger charge is -2.37. The highest BCUT2D eigenvalue weighted by Crippen LogP contribution is 2.41. The number of aromatic nitrogens is 1. The van der Waals surface area contributed by atoms with Gasteiger partial charge in [-0.25, -0.2) is 0 Å². The van der Waals surface area contributed by atoms with Crippen molar-refractivity contribution in [1.29, 1.82) is 0 Å². The summed E-state index contributed by atoms with van der Waals surface area (Å²) in [6.07, 6.45) is -1.54. The molecule has 10 heteroatoms. The number of hydrogen-bond acceptors (Lipinski definition) is 4. The number of hydrogen-bond donors (Lipinski definition) is 2. The van der Waals surface area contributed by atoms with Crippen molar-refractivity contribution in [3.63, 3.8) is 0 Å². The molecule has 0 unspecified atom stereocenters. The van der Waals surface area contributed by atoms with Gasteiger partial charge in [0.05, 0.1) is 17.6 Å². The zero-order valence-corrected chi connectivity index (χ0v) is 20.9. The van der Waals surface area contributed by atoms with Crippen LogP contribution in [0.2, 0.25) is 0 Å². The minimum Gasteiger partial charge on any atom is -0.380 e. The molecule has 0 radical (unpaired) electrons. The Hall–Kier alpha value is -2.03. The van der Waals surface area contributed by atoms with E-state index in [0.29, 0.717) is 18.5 Å². The number of halogens is 5. The molecule has 4 rings (SSSR count). The van der Waals surface area contributed by atoms with E-state index in [4.69, 9.17) is 5.73 Å². The standard InChI is InChI=1S/C24H29F3N4O.2ClH/c1-23(2)18-7-5-4-6-14(18)12-20(23)30-17-8-9-19(29-13-17)21(24(25,26)27)31(3)22(32)15-10-16(28)11-15;;/h4-9,13,15-16,20-21,30H,10-12,28H2,1-3H3;2*1H/t15?,16?,20-,21-;;/m0../s1. The monoisotopic (exact) mass is 518 g/mol. The highest BCUT2D eigenvalue weighted by Gasteiger charge is 2.48. The first-order valence-electron chi connectivity index (χ1n) is 10.9. The number of benzene rings is 1. The van der Waals surface area contributed by atoms with Gasteiger partial charge in [0.15, 0.2) is 6.04 Å². The summed E-state index contributed by atoms with van der Waals surface area (Å²) in [7, 11) is 1.19. The second-order valence-corrected chi connectivity index (χ2v) is 9.57. The number of nitrogens with zero attached hydrogens (tertiary/aromatic N) is 2. The van der Waals surface area contributed by atoms with E-state index in [1.807, 2.05) is 12.1 Å². The second-order valence-electron chi connectivity index (χ2n) is 9.57. The molecule has 2 aliphatic carbocycles. The molecule has 1 saturated carbocycles. The molecule has 0 spiro atoms. The number of alkyl halides is 3. The number of rotatable bonds is 5. The van der Waals surface area contributed by atoms with Crippen molar-refractivity contribution in [3.05, 3.63) is 59.4 Å². The Labute approximate surface area is 210 Å². The van der Waals surface area contributed by atoms with Crippen LogP contribution in [-0.4, -0.2) is 41.1 Å². The molecular formula is C24H31Cl2F3N4O. The van der Waals surface area contributed by atoms with Crippen molar-refractivity contribution in [2.75, 3.05) is 12.4 Å². The molecule has 0 bridgehead atoms. The molecule has 5 nitrogen and oxygen atoms in total. The van der Waals surface area contributed by atoms with Crippen LogP contribution in [0.15, 0.2) is 42.6 Å². The van der Waals surface area contributed by atoms with Crippen LogP contribution in [0.25, 0.3) is 0 Å². The van der Waals surface area contributed by atoms with Crippen molar-refractivity contribution < 1.29 is 18.0 Å². The largest absolute Gasteiger partial charge is 0.414 e. The van der Waals surface area contributed by atoms with Gasteiger partial charge in [-0.05, 0) is 42.5 Å². The SMILES string of the molecule is CN(C(=O)C1CC(N)C1)[C@@H](c1ccc(N[C@H]2Cc3ccccc3C2(C)C)cn1)C(F)(F)F.Cl.Cl.